The van der Waals surface area contributed by atoms with Gasteiger partial charge in [0, 0.05) is 100 Å². The van der Waals surface area contributed by atoms with Crippen LogP contribution in [-0.2, 0) is 69.8 Å². The fraction of sp³-hybridized carbons (Fsp3) is 0.500. The van der Waals surface area contributed by atoms with E-state index in [1.807, 2.05) is 79.8 Å². The molecule has 0 amide bonds. The summed E-state index contributed by atoms with van der Waals surface area (Å²) in [5.74, 6) is -6.03. The first-order valence-electron chi connectivity index (χ1n) is 30.2. The number of benzene rings is 4. The van der Waals surface area contributed by atoms with Crippen LogP contribution >= 0.6 is 87.7 Å². The lowest BCUT2D eigenvalue weighted by molar-refractivity contribution is -0.178. The van der Waals surface area contributed by atoms with Gasteiger partial charge in [-0.1, -0.05) is 77.2 Å². The van der Waals surface area contributed by atoms with E-state index in [2.05, 4.69) is 68.8 Å². The van der Waals surface area contributed by atoms with Gasteiger partial charge in [-0.15, -0.1) is 12.3 Å². The molecule has 19 nitrogen and oxygen atoms in total. The molecule has 4 aromatic rings. The highest BCUT2D eigenvalue weighted by molar-refractivity contribution is 14.1. The highest BCUT2D eigenvalue weighted by Gasteiger charge is 2.37. The molecule has 0 aromatic heterocycles. The zero-order valence-corrected chi connectivity index (χ0v) is 67.9. The van der Waals surface area contributed by atoms with E-state index in [1.54, 1.807) is 54.0 Å². The Morgan fingerprint density at radius 1 is 0.690 bits per heavy atom. The van der Waals surface area contributed by atoms with Crippen molar-refractivity contribution in [1.82, 2.24) is 0 Å². The van der Waals surface area contributed by atoms with Crippen molar-refractivity contribution >= 4 is 118 Å². The fourth-order valence-corrected chi connectivity index (χ4v) is 11.5. The molecule has 5 atom stereocenters. The molecule has 0 saturated carbocycles. The van der Waals surface area contributed by atoms with Crippen molar-refractivity contribution in [3.05, 3.63) is 158 Å². The van der Waals surface area contributed by atoms with Gasteiger partial charge in [-0.05, 0) is 151 Å². The zero-order valence-electron chi connectivity index (χ0n) is 58.0. The van der Waals surface area contributed by atoms with Gasteiger partial charge in [-0.25, -0.2) is 43.2 Å². The van der Waals surface area contributed by atoms with Gasteiger partial charge in [0.15, 0.2) is 46.4 Å². The maximum Gasteiger partial charge on any atom is 0.257 e. The molecule has 3 fully saturated rings. The second-order valence-corrected chi connectivity index (χ2v) is 33.0. The summed E-state index contributed by atoms with van der Waals surface area (Å²) >= 11 is 10.2. The smallest absolute Gasteiger partial charge is 0.257 e. The number of nitrogens with one attached hydrogen (secondary N) is 1. The summed E-state index contributed by atoms with van der Waals surface area (Å²) in [6, 6.07) is 10.4. The first kappa shape index (κ1) is 94.4. The number of sulfonamides is 1. The molecule has 0 bridgehead atoms. The first-order chi connectivity index (χ1) is 46.1. The van der Waals surface area contributed by atoms with E-state index in [4.69, 9.17) is 85.5 Å². The van der Waals surface area contributed by atoms with Crippen LogP contribution in [0.1, 0.15) is 123 Å². The summed E-state index contributed by atoms with van der Waals surface area (Å²) in [6.45, 7) is 31.6. The lowest BCUT2D eigenvalue weighted by Crippen LogP contribution is -2.24. The third-order valence-electron chi connectivity index (χ3n) is 13.8. The summed E-state index contributed by atoms with van der Waals surface area (Å²) in [6.07, 6.45) is 5.29. The van der Waals surface area contributed by atoms with E-state index in [0.29, 0.717) is 37.7 Å². The van der Waals surface area contributed by atoms with Crippen LogP contribution in [0.5, 0.6) is 11.5 Å². The fourth-order valence-electron chi connectivity index (χ4n) is 8.26. The summed E-state index contributed by atoms with van der Waals surface area (Å²) in [7, 11) is 2.86. The van der Waals surface area contributed by atoms with Crippen molar-refractivity contribution in [3.8, 4) is 23.8 Å². The average Bonchev–Trinajstić information content (AvgIpc) is 1.04. The van der Waals surface area contributed by atoms with Crippen LogP contribution in [0.15, 0.2) is 93.6 Å². The number of nitrogens with two attached hydrogens (primary N) is 1. The Balaban J connectivity index is 0.000000638. The molecule has 7 rings (SSSR count). The third-order valence-corrected chi connectivity index (χ3v) is 18.7. The summed E-state index contributed by atoms with van der Waals surface area (Å²) in [5, 5.41) is 25.7. The van der Waals surface area contributed by atoms with Crippen LogP contribution in [0.4, 0.5) is 37.7 Å². The lowest BCUT2D eigenvalue weighted by Gasteiger charge is -2.20. The number of hydrogen-bond acceptors (Lipinski definition) is 18. The molecule has 6 N–H and O–H groups in total. The number of terminal acetylenes is 1. The quantitative estimate of drug-likeness (QED) is 0.0115. The largest absolute Gasteiger partial charge is 0.494 e. The Bertz CT molecular complexity index is 3640. The van der Waals surface area contributed by atoms with Crippen LogP contribution in [0.2, 0.25) is 0 Å². The second-order valence-electron chi connectivity index (χ2n) is 23.8. The van der Waals surface area contributed by atoms with Crippen LogP contribution in [0.3, 0.4) is 0 Å². The van der Waals surface area contributed by atoms with Crippen LogP contribution in [-0.4, -0.2) is 141 Å². The van der Waals surface area contributed by atoms with Gasteiger partial charge in [0.1, 0.15) is 23.1 Å². The maximum absolute atomic E-state index is 14.8. The van der Waals surface area contributed by atoms with E-state index in [0.717, 1.165) is 29.5 Å². The molecular formula is C68H91Br2ClF6I2N2O17S2. The zero-order chi connectivity index (χ0) is 77.1. The number of nitrogen functional groups attached to an aromatic ring is 1. The maximum atomic E-state index is 14.8. The van der Waals surface area contributed by atoms with E-state index in [9.17, 15) is 43.2 Å². The summed E-state index contributed by atoms with van der Waals surface area (Å²) < 4.78 is 190. The number of methoxy groups -OCH3 is 4. The Morgan fingerprint density at radius 3 is 1.40 bits per heavy atom. The molecule has 0 spiro atoms. The summed E-state index contributed by atoms with van der Waals surface area (Å²) in [5.41, 5.74) is 5.17. The van der Waals surface area contributed by atoms with Crippen LogP contribution in [0.25, 0.3) is 0 Å². The van der Waals surface area contributed by atoms with E-state index >= 15 is 0 Å². The minimum absolute atomic E-state index is 0.0237. The number of ether oxygens (including phenoxy) is 10. The molecule has 4 aromatic carbocycles. The van der Waals surface area contributed by atoms with Crippen molar-refractivity contribution in [2.45, 2.75) is 167 Å². The Labute approximate surface area is 633 Å². The number of hydrogen-bond donors (Lipinski definition) is 5. The molecule has 32 heteroatoms. The topological polar surface area (TPSA) is 259 Å². The Hall–Kier alpha value is -3.65. The van der Waals surface area contributed by atoms with Crippen molar-refractivity contribution < 1.29 is 106 Å². The molecule has 0 radical (unpaired) electrons. The van der Waals surface area contributed by atoms with E-state index in [1.165, 1.54) is 38.5 Å². The van der Waals surface area contributed by atoms with Gasteiger partial charge < -0.3 is 68.4 Å². The number of anilines is 2. The van der Waals surface area contributed by atoms with Crippen molar-refractivity contribution in [2.24, 2.45) is 0 Å². The van der Waals surface area contributed by atoms with E-state index < -0.39 is 101 Å². The lowest BCUT2D eigenvalue weighted by atomic mass is 10.0. The number of aliphatic hydroxyl groups excluding tert-OH is 3. The molecule has 3 aliphatic rings. The minimum Gasteiger partial charge on any atom is -0.494 e. The molecule has 100 heavy (non-hydrogen) atoms. The highest BCUT2D eigenvalue weighted by atomic mass is 127. The second kappa shape index (κ2) is 43.7. The first-order valence-corrected chi connectivity index (χ1v) is 37.8. The predicted molar refractivity (Wildman–Crippen MR) is 400 cm³/mol. The standard InChI is InChI=1S/C22H23F3INO5S.C14H11F3INO.C8H13BrO2.C8H13ClO4S.C6H10O.C5H9BrO2.C5H12O2/c1-12(7-15-11-31-22(2,3)32-15)33(28,29)27-21-16(20(25)18(24)10-19(21)30-4)8-13-5-6-14(26)9-17(13)23;1-20-12-6-11(16)13(17)9(14(12)19)4-7-2-3-8(18)5-10(7)15;1-6(9)4-7-5-10-8(2,3)11-7;1-6(14(9,10)11)4-7-5-12-8(2,3)13-7;1-3-5-6(7)4-2;1-4(6)2-5(8)3-7;1-5(2,6-3)7-4/h5-6,9-10,15,27H,1,7-8,11H2,2-4H3;2-3,5-6H,4,19H2,1H3;7H,1,4-5H2,2-3H3;7H,1,4-5H2,2-3H3;1,6-7H,4-5H2,2H3;5,7-8H,1-3H2;1-4H3/t15-;;2*7-;6-;5-;/m1.1101./s1. The number of halogens is 11. The number of rotatable bonds is 23. The molecule has 3 heterocycles. The van der Waals surface area contributed by atoms with E-state index in [-0.39, 0.29) is 100 Å². The molecular weight excluding hydrogens is 1740 g/mol. The van der Waals surface area contributed by atoms with Gasteiger partial charge in [0.05, 0.1) is 92.4 Å². The van der Waals surface area contributed by atoms with Gasteiger partial charge in [-0.3, -0.25) is 4.72 Å². The van der Waals surface area contributed by atoms with Gasteiger partial charge >= 0.3 is 0 Å². The summed E-state index contributed by atoms with van der Waals surface area (Å²) in [4.78, 5) is -0.280. The molecule has 564 valence electrons. The predicted octanol–water partition coefficient (Wildman–Crippen LogP) is 15.5. The normalized spacial score (nSPS) is 17.6. The molecule has 3 saturated heterocycles. The SMILES string of the molecule is C#CC[C@@H](O)CC.C=C(Br)C[C@@H](O)CO.C=C(Br)C[C@@H]1COC(C)(C)O1.C=C(C[C@@H]1COC(C)(C)O1)S(=O)(=O)Cl.C=C(C[C@@H]1COC(C)(C)O1)S(=O)(=O)Nc1c(OC)cc(F)c(F)c1Cc1ccc(I)cc1F.COC(C)(C)OC.COc1cc(F)c(F)c(Cc2ccc(I)cc2F)c1N. The van der Waals surface area contributed by atoms with Gasteiger partial charge in [0.25, 0.3) is 19.1 Å². The van der Waals surface area contributed by atoms with Crippen LogP contribution in [0, 0.1) is 54.4 Å². The minimum atomic E-state index is -4.28. The van der Waals surface area contributed by atoms with Crippen LogP contribution < -0.4 is 19.9 Å². The van der Waals surface area contributed by atoms with Crippen molar-refractivity contribution in [3.63, 3.8) is 0 Å². The monoisotopic (exact) mass is 1830 g/mol. The molecule has 0 unspecified atom stereocenters. The van der Waals surface area contributed by atoms with Crippen molar-refractivity contribution in [2.75, 3.05) is 65.3 Å². The Morgan fingerprint density at radius 2 is 1.09 bits per heavy atom. The van der Waals surface area contributed by atoms with Crippen molar-refractivity contribution in [1.29, 1.82) is 0 Å². The average molecular weight is 1840 g/mol. The molecule has 3 aliphatic heterocycles. The van der Waals surface area contributed by atoms with Gasteiger partial charge in [-0.2, -0.15) is 0 Å². The molecule has 0 aliphatic carbocycles. The highest BCUT2D eigenvalue weighted by Crippen LogP contribution is 2.38. The Kier molecular flexibility index (Phi) is 41.2. The van der Waals surface area contributed by atoms with Gasteiger partial charge in [0.2, 0.25) is 0 Å². The third kappa shape index (κ3) is 35.0. The number of aliphatic hydroxyl groups is 3.